The van der Waals surface area contributed by atoms with Crippen molar-refractivity contribution in [3.63, 3.8) is 0 Å². The molecule has 1 aromatic heterocycles. The Kier molecular flexibility index (Phi) is 7.49. The molecule has 0 spiro atoms. The van der Waals surface area contributed by atoms with Crippen LogP contribution in [0.3, 0.4) is 0 Å². The summed E-state index contributed by atoms with van der Waals surface area (Å²) < 4.78 is 37.9. The van der Waals surface area contributed by atoms with Crippen LogP contribution < -0.4 is 9.46 Å². The van der Waals surface area contributed by atoms with E-state index in [2.05, 4.69) is 10.8 Å². The van der Waals surface area contributed by atoms with Crippen LogP contribution in [0.4, 0.5) is 0 Å². The van der Waals surface area contributed by atoms with E-state index in [1.807, 2.05) is 23.1 Å². The van der Waals surface area contributed by atoms with Crippen molar-refractivity contribution in [1.29, 1.82) is 0 Å². The summed E-state index contributed by atoms with van der Waals surface area (Å²) in [5.74, 6) is 1.31. The van der Waals surface area contributed by atoms with Crippen molar-refractivity contribution < 1.29 is 22.4 Å². The Balaban J connectivity index is 1.36. The molecule has 4 rings (SSSR count). The number of amides is 1. The molecular formula is C26H28N2O5S. The monoisotopic (exact) mass is 480 g/mol. The first-order valence-electron chi connectivity index (χ1n) is 11.2. The van der Waals surface area contributed by atoms with E-state index < -0.39 is 10.0 Å². The molecule has 2 aromatic carbocycles. The third kappa shape index (κ3) is 5.95. The first-order valence-corrected chi connectivity index (χ1v) is 12.7. The van der Waals surface area contributed by atoms with Gasteiger partial charge in [-0.15, -0.1) is 0 Å². The summed E-state index contributed by atoms with van der Waals surface area (Å²) in [4.78, 5) is 14.9. The molecule has 178 valence electrons. The number of ether oxygens (including phenoxy) is 1. The normalized spacial score (nSPS) is 16.3. The average Bonchev–Trinajstić information content (AvgIpc) is 3.54. The SMILES string of the molecule is COc1cccc(CC2CCCN2C(=O)/C=C/c2ccc(S(=O)(=O)NCc3ccco3)cc2)c1. The predicted molar refractivity (Wildman–Crippen MR) is 130 cm³/mol. The topological polar surface area (TPSA) is 88.8 Å². The zero-order valence-corrected chi connectivity index (χ0v) is 19.8. The number of sulfonamides is 1. The molecule has 0 radical (unpaired) electrons. The first kappa shape index (κ1) is 23.8. The molecule has 7 nitrogen and oxygen atoms in total. The molecule has 34 heavy (non-hydrogen) atoms. The molecule has 1 aliphatic rings. The number of likely N-dealkylation sites (tertiary alicyclic amines) is 1. The van der Waals surface area contributed by atoms with Gasteiger partial charge in [0, 0.05) is 18.7 Å². The van der Waals surface area contributed by atoms with Gasteiger partial charge in [-0.05, 0) is 72.9 Å². The van der Waals surface area contributed by atoms with Crippen LogP contribution in [-0.4, -0.2) is 38.9 Å². The van der Waals surface area contributed by atoms with Gasteiger partial charge in [-0.25, -0.2) is 13.1 Å². The maximum atomic E-state index is 12.9. The van der Waals surface area contributed by atoms with E-state index in [-0.39, 0.29) is 23.4 Å². The van der Waals surface area contributed by atoms with Crippen molar-refractivity contribution in [3.05, 3.63) is 89.9 Å². The summed E-state index contributed by atoms with van der Waals surface area (Å²) in [6.07, 6.45) is 7.50. The molecule has 1 unspecified atom stereocenters. The molecule has 3 aromatic rings. The van der Waals surface area contributed by atoms with Gasteiger partial charge in [0.05, 0.1) is 24.8 Å². The maximum absolute atomic E-state index is 12.9. The Morgan fingerprint density at radius 3 is 2.74 bits per heavy atom. The van der Waals surface area contributed by atoms with Gasteiger partial charge in [0.25, 0.3) is 0 Å². The number of hydrogen-bond donors (Lipinski definition) is 1. The van der Waals surface area contributed by atoms with Crippen LogP contribution in [0.2, 0.25) is 0 Å². The molecule has 1 saturated heterocycles. The van der Waals surface area contributed by atoms with Crippen LogP contribution in [0.15, 0.2) is 82.3 Å². The van der Waals surface area contributed by atoms with E-state index in [1.165, 1.54) is 18.4 Å². The Morgan fingerprint density at radius 2 is 2.00 bits per heavy atom. The largest absolute Gasteiger partial charge is 0.497 e. The maximum Gasteiger partial charge on any atom is 0.246 e. The van der Waals surface area contributed by atoms with Crippen molar-refractivity contribution >= 4 is 22.0 Å². The van der Waals surface area contributed by atoms with E-state index in [0.29, 0.717) is 5.76 Å². The highest BCUT2D eigenvalue weighted by Gasteiger charge is 2.27. The molecule has 1 fully saturated rings. The van der Waals surface area contributed by atoms with Crippen molar-refractivity contribution in [3.8, 4) is 5.75 Å². The number of nitrogens with one attached hydrogen (secondary N) is 1. The van der Waals surface area contributed by atoms with E-state index >= 15 is 0 Å². The summed E-state index contributed by atoms with van der Waals surface area (Å²) in [6.45, 7) is 0.814. The average molecular weight is 481 g/mol. The van der Waals surface area contributed by atoms with Crippen molar-refractivity contribution in [2.45, 2.75) is 36.7 Å². The molecule has 0 bridgehead atoms. The molecule has 8 heteroatoms. The van der Waals surface area contributed by atoms with Gasteiger partial charge in [-0.2, -0.15) is 0 Å². The van der Waals surface area contributed by atoms with Crippen LogP contribution in [-0.2, 0) is 27.8 Å². The number of methoxy groups -OCH3 is 1. The number of benzene rings is 2. The molecule has 0 saturated carbocycles. The number of nitrogens with zero attached hydrogens (tertiary/aromatic N) is 1. The predicted octanol–water partition coefficient (Wildman–Crippen LogP) is 4.01. The van der Waals surface area contributed by atoms with E-state index in [0.717, 1.165) is 42.7 Å². The minimum absolute atomic E-state index is 0.0396. The van der Waals surface area contributed by atoms with E-state index in [1.54, 1.807) is 43.5 Å². The standard InChI is InChI=1S/C26H28N2O5S/c1-32-23-7-2-5-21(18-23)17-22-6-3-15-28(22)26(29)14-11-20-9-12-25(13-10-20)34(30,31)27-19-24-8-4-16-33-24/h2,4-5,7-14,16,18,22,27H,3,6,15,17,19H2,1H3/b14-11+. The summed E-state index contributed by atoms with van der Waals surface area (Å²) in [6, 6.07) is 17.9. The highest BCUT2D eigenvalue weighted by molar-refractivity contribution is 7.89. The second-order valence-corrected chi connectivity index (χ2v) is 9.96. The fraction of sp³-hybridized carbons (Fsp3) is 0.269. The van der Waals surface area contributed by atoms with Crippen molar-refractivity contribution in [2.24, 2.45) is 0 Å². The van der Waals surface area contributed by atoms with E-state index in [4.69, 9.17) is 9.15 Å². The minimum Gasteiger partial charge on any atom is -0.497 e. The lowest BCUT2D eigenvalue weighted by Crippen LogP contribution is -2.35. The van der Waals surface area contributed by atoms with Crippen molar-refractivity contribution in [1.82, 2.24) is 9.62 Å². The smallest absolute Gasteiger partial charge is 0.246 e. The van der Waals surface area contributed by atoms with E-state index in [9.17, 15) is 13.2 Å². The third-order valence-corrected chi connectivity index (χ3v) is 7.31. The Hall–Kier alpha value is -3.36. The van der Waals surface area contributed by atoms with Gasteiger partial charge in [0.2, 0.25) is 15.9 Å². The van der Waals surface area contributed by atoms with Crippen LogP contribution in [0.1, 0.15) is 29.7 Å². The van der Waals surface area contributed by atoms with Crippen LogP contribution in [0.25, 0.3) is 6.08 Å². The fourth-order valence-electron chi connectivity index (χ4n) is 4.09. The minimum atomic E-state index is -3.66. The molecular weight excluding hydrogens is 452 g/mol. The van der Waals surface area contributed by atoms with Gasteiger partial charge < -0.3 is 14.1 Å². The second-order valence-electron chi connectivity index (χ2n) is 8.19. The summed E-state index contributed by atoms with van der Waals surface area (Å²) in [5, 5.41) is 0. The number of furan rings is 1. The first-order chi connectivity index (χ1) is 16.4. The molecule has 1 aliphatic heterocycles. The molecule has 0 aliphatic carbocycles. The number of carbonyl (C=O) groups excluding carboxylic acids is 1. The zero-order valence-electron chi connectivity index (χ0n) is 19.0. The van der Waals surface area contributed by atoms with Crippen LogP contribution >= 0.6 is 0 Å². The highest BCUT2D eigenvalue weighted by Crippen LogP contribution is 2.24. The quantitative estimate of drug-likeness (QED) is 0.468. The van der Waals surface area contributed by atoms with Gasteiger partial charge in [0.1, 0.15) is 11.5 Å². The fourth-order valence-corrected chi connectivity index (χ4v) is 5.09. The Morgan fingerprint density at radius 1 is 1.18 bits per heavy atom. The van der Waals surface area contributed by atoms with Crippen LogP contribution in [0, 0.1) is 0 Å². The van der Waals surface area contributed by atoms with Crippen LogP contribution in [0.5, 0.6) is 5.75 Å². The number of hydrogen-bond acceptors (Lipinski definition) is 5. The molecule has 2 heterocycles. The van der Waals surface area contributed by atoms with Gasteiger partial charge in [-0.1, -0.05) is 24.3 Å². The van der Waals surface area contributed by atoms with Gasteiger partial charge in [0.15, 0.2) is 0 Å². The summed E-state index contributed by atoms with van der Waals surface area (Å²) >= 11 is 0. The number of rotatable bonds is 9. The zero-order chi connectivity index (χ0) is 24.0. The van der Waals surface area contributed by atoms with Gasteiger partial charge in [-0.3, -0.25) is 4.79 Å². The van der Waals surface area contributed by atoms with Crippen molar-refractivity contribution in [2.75, 3.05) is 13.7 Å². The summed E-state index contributed by atoms with van der Waals surface area (Å²) in [5.41, 5.74) is 1.90. The lowest BCUT2D eigenvalue weighted by Gasteiger charge is -2.23. The summed E-state index contributed by atoms with van der Waals surface area (Å²) in [7, 11) is -2.01. The third-order valence-electron chi connectivity index (χ3n) is 5.89. The Labute approximate surface area is 200 Å². The Bertz CT molecular complexity index is 1230. The second kappa shape index (κ2) is 10.7. The molecule has 1 amide bonds. The van der Waals surface area contributed by atoms with Gasteiger partial charge >= 0.3 is 0 Å². The molecule has 1 atom stereocenters. The highest BCUT2D eigenvalue weighted by atomic mass is 32.2. The lowest BCUT2D eigenvalue weighted by molar-refractivity contribution is -0.126. The molecule has 1 N–H and O–H groups in total. The lowest BCUT2D eigenvalue weighted by atomic mass is 10.0. The number of carbonyl (C=O) groups is 1.